The molecular weight excluding hydrogens is 248 g/mol. The molecule has 2 N–H and O–H groups in total. The van der Waals surface area contributed by atoms with Gasteiger partial charge in [0, 0.05) is 26.6 Å². The molecule has 0 bridgehead atoms. The maximum absolute atomic E-state index is 5.63. The van der Waals surface area contributed by atoms with Crippen LogP contribution in [0.2, 0.25) is 0 Å². The molecule has 0 saturated carbocycles. The van der Waals surface area contributed by atoms with Crippen LogP contribution in [0, 0.1) is 5.92 Å². The molecule has 7 heteroatoms. The highest BCUT2D eigenvalue weighted by molar-refractivity contribution is 7.80. The maximum Gasteiger partial charge on any atom is 0.163 e. The number of fused-ring (bicyclic) bond motifs is 1. The number of aryl methyl sites for hydroxylation is 1. The van der Waals surface area contributed by atoms with E-state index in [1.54, 1.807) is 17.2 Å². The minimum atomic E-state index is 0.131. The van der Waals surface area contributed by atoms with E-state index in [0.29, 0.717) is 4.99 Å². The van der Waals surface area contributed by atoms with E-state index in [1.165, 1.54) is 0 Å². The predicted molar refractivity (Wildman–Crippen MR) is 75.5 cm³/mol. The molecule has 0 aliphatic carbocycles. The minimum Gasteiger partial charge on any atom is -0.393 e. The average Bonchev–Trinajstić information content (AvgIpc) is 2.71. The summed E-state index contributed by atoms with van der Waals surface area (Å²) in [5.74, 6) is 0.975. The van der Waals surface area contributed by atoms with Gasteiger partial charge in [0.05, 0.1) is 16.6 Å². The van der Waals surface area contributed by atoms with E-state index >= 15 is 0 Å². The summed E-state index contributed by atoms with van der Waals surface area (Å²) in [6.45, 7) is 2.72. The summed E-state index contributed by atoms with van der Waals surface area (Å²) in [5.41, 5.74) is 6.45. The van der Waals surface area contributed by atoms with Crippen molar-refractivity contribution < 1.29 is 0 Å². The first-order chi connectivity index (χ1) is 8.50. The number of hydrogen-bond donors (Lipinski definition) is 1. The number of anilines is 1. The molecule has 0 aliphatic heterocycles. The van der Waals surface area contributed by atoms with Gasteiger partial charge in [-0.1, -0.05) is 19.1 Å². The zero-order chi connectivity index (χ0) is 13.3. The van der Waals surface area contributed by atoms with E-state index in [-0.39, 0.29) is 5.92 Å². The molecule has 2 aromatic rings. The lowest BCUT2D eigenvalue weighted by Gasteiger charge is -2.22. The summed E-state index contributed by atoms with van der Waals surface area (Å²) < 4.78 is 1.73. The van der Waals surface area contributed by atoms with Crippen LogP contribution in [0.1, 0.15) is 6.92 Å². The van der Waals surface area contributed by atoms with Gasteiger partial charge in [-0.05, 0) is 0 Å². The molecule has 0 spiro atoms. The number of nitrogens with zero attached hydrogens (tertiary/aromatic N) is 5. The Morgan fingerprint density at radius 2 is 2.28 bits per heavy atom. The quantitative estimate of drug-likeness (QED) is 0.820. The maximum atomic E-state index is 5.63. The van der Waals surface area contributed by atoms with Crippen molar-refractivity contribution in [2.24, 2.45) is 18.7 Å². The second-order valence-electron chi connectivity index (χ2n) is 4.39. The minimum absolute atomic E-state index is 0.131. The number of aromatic nitrogens is 4. The molecule has 0 aliphatic rings. The predicted octanol–water partition coefficient (Wildman–Crippen LogP) is 0.722. The van der Waals surface area contributed by atoms with Crippen molar-refractivity contribution in [2.45, 2.75) is 6.92 Å². The van der Waals surface area contributed by atoms with Gasteiger partial charge >= 0.3 is 0 Å². The van der Waals surface area contributed by atoms with Crippen LogP contribution in [0.5, 0.6) is 0 Å². The molecule has 0 fully saturated rings. The normalized spacial score (nSPS) is 12.6. The first-order valence-corrected chi connectivity index (χ1v) is 6.04. The van der Waals surface area contributed by atoms with Crippen molar-refractivity contribution in [3.8, 4) is 0 Å². The van der Waals surface area contributed by atoms with Crippen molar-refractivity contribution in [2.75, 3.05) is 18.5 Å². The van der Waals surface area contributed by atoms with E-state index in [9.17, 15) is 0 Å². The summed E-state index contributed by atoms with van der Waals surface area (Å²) in [6, 6.07) is 0. The van der Waals surface area contributed by atoms with E-state index in [4.69, 9.17) is 18.0 Å². The number of nitrogens with two attached hydrogens (primary N) is 1. The highest BCUT2D eigenvalue weighted by Crippen LogP contribution is 2.21. The Labute approximate surface area is 111 Å². The van der Waals surface area contributed by atoms with Crippen LogP contribution >= 0.6 is 12.2 Å². The van der Waals surface area contributed by atoms with Gasteiger partial charge < -0.3 is 10.6 Å². The summed E-state index contributed by atoms with van der Waals surface area (Å²) in [4.78, 5) is 11.1. The van der Waals surface area contributed by atoms with Crippen molar-refractivity contribution in [1.29, 1.82) is 0 Å². The van der Waals surface area contributed by atoms with Crippen LogP contribution in [-0.4, -0.2) is 38.3 Å². The first kappa shape index (κ1) is 12.7. The van der Waals surface area contributed by atoms with E-state index < -0.39 is 0 Å². The van der Waals surface area contributed by atoms with Gasteiger partial charge in [-0.15, -0.1) is 0 Å². The molecule has 18 heavy (non-hydrogen) atoms. The fraction of sp³-hybridized carbons (Fsp3) is 0.455. The second kappa shape index (κ2) is 4.85. The van der Waals surface area contributed by atoms with Crippen LogP contribution in [0.15, 0.2) is 12.5 Å². The third-order valence-electron chi connectivity index (χ3n) is 2.90. The second-order valence-corrected chi connectivity index (χ2v) is 4.86. The third-order valence-corrected chi connectivity index (χ3v) is 3.31. The summed E-state index contributed by atoms with van der Waals surface area (Å²) in [7, 11) is 3.82. The van der Waals surface area contributed by atoms with E-state index in [0.717, 1.165) is 23.4 Å². The summed E-state index contributed by atoms with van der Waals surface area (Å²) in [6.07, 6.45) is 3.31. The van der Waals surface area contributed by atoms with Gasteiger partial charge in [-0.2, -0.15) is 5.10 Å². The standard InChI is InChI=1S/C11H16N6S/c1-7(9(12)18)5-16(2)10-8-4-15-17(3)11(8)14-6-13-10/h4,6-7H,5H2,1-3H3,(H2,12,18). The van der Waals surface area contributed by atoms with Crippen LogP contribution in [0.25, 0.3) is 11.0 Å². The molecule has 2 rings (SSSR count). The Balaban J connectivity index is 2.33. The zero-order valence-corrected chi connectivity index (χ0v) is 11.5. The molecule has 2 aromatic heterocycles. The molecule has 0 aromatic carbocycles. The van der Waals surface area contributed by atoms with Crippen LogP contribution in [-0.2, 0) is 7.05 Å². The van der Waals surface area contributed by atoms with Crippen LogP contribution in [0.3, 0.4) is 0 Å². The Morgan fingerprint density at radius 1 is 1.56 bits per heavy atom. The Hall–Kier alpha value is -1.76. The Bertz CT molecular complexity index is 578. The van der Waals surface area contributed by atoms with Crippen molar-refractivity contribution in [3.63, 3.8) is 0 Å². The molecule has 0 saturated heterocycles. The smallest absolute Gasteiger partial charge is 0.163 e. The molecule has 2 heterocycles. The van der Waals surface area contributed by atoms with E-state index in [1.807, 2.05) is 25.9 Å². The monoisotopic (exact) mass is 264 g/mol. The van der Waals surface area contributed by atoms with Gasteiger partial charge in [0.15, 0.2) is 5.65 Å². The largest absolute Gasteiger partial charge is 0.393 e. The molecule has 0 radical (unpaired) electrons. The molecule has 0 amide bonds. The summed E-state index contributed by atoms with van der Waals surface area (Å²) >= 11 is 4.99. The molecular formula is C11H16N6S. The van der Waals surface area contributed by atoms with Crippen molar-refractivity contribution >= 4 is 34.1 Å². The molecule has 96 valence electrons. The number of thiocarbonyl (C=S) groups is 1. The number of hydrogen-bond acceptors (Lipinski definition) is 5. The zero-order valence-electron chi connectivity index (χ0n) is 10.7. The lowest BCUT2D eigenvalue weighted by atomic mass is 10.1. The average molecular weight is 264 g/mol. The SMILES string of the molecule is CC(CN(C)c1ncnc2c1cnn2C)C(N)=S. The topological polar surface area (TPSA) is 72.9 Å². The molecule has 1 unspecified atom stereocenters. The van der Waals surface area contributed by atoms with Gasteiger partial charge in [0.1, 0.15) is 12.1 Å². The Kier molecular flexibility index (Phi) is 3.42. The molecule has 6 nitrogen and oxygen atoms in total. The highest BCUT2D eigenvalue weighted by Gasteiger charge is 2.14. The fourth-order valence-corrected chi connectivity index (χ4v) is 1.92. The molecule has 1 atom stereocenters. The van der Waals surface area contributed by atoms with Crippen LogP contribution < -0.4 is 10.6 Å². The summed E-state index contributed by atoms with van der Waals surface area (Å²) in [5, 5.41) is 5.12. The lowest BCUT2D eigenvalue weighted by molar-refractivity contribution is 0.736. The van der Waals surface area contributed by atoms with Crippen molar-refractivity contribution in [3.05, 3.63) is 12.5 Å². The Morgan fingerprint density at radius 3 is 2.94 bits per heavy atom. The third kappa shape index (κ3) is 2.26. The number of rotatable bonds is 4. The van der Waals surface area contributed by atoms with Gasteiger partial charge in [-0.3, -0.25) is 4.68 Å². The fourth-order valence-electron chi connectivity index (χ4n) is 1.84. The van der Waals surface area contributed by atoms with Crippen LogP contribution in [0.4, 0.5) is 5.82 Å². The van der Waals surface area contributed by atoms with E-state index in [2.05, 4.69) is 15.1 Å². The van der Waals surface area contributed by atoms with Crippen molar-refractivity contribution in [1.82, 2.24) is 19.7 Å². The van der Waals surface area contributed by atoms with Gasteiger partial charge in [0.25, 0.3) is 0 Å². The first-order valence-electron chi connectivity index (χ1n) is 5.64. The van der Waals surface area contributed by atoms with Gasteiger partial charge in [0.2, 0.25) is 0 Å². The van der Waals surface area contributed by atoms with Gasteiger partial charge in [-0.25, -0.2) is 9.97 Å². The lowest BCUT2D eigenvalue weighted by Crippen LogP contribution is -2.31. The highest BCUT2D eigenvalue weighted by atomic mass is 32.1.